The van der Waals surface area contributed by atoms with Gasteiger partial charge in [-0.1, -0.05) is 34.1 Å². The van der Waals surface area contributed by atoms with Gasteiger partial charge >= 0.3 is 0 Å². The Balaban J connectivity index is 1.54. The number of nitrogens with zero attached hydrogens (tertiary/aromatic N) is 1. The van der Waals surface area contributed by atoms with Gasteiger partial charge < -0.3 is 10.2 Å². The van der Waals surface area contributed by atoms with E-state index in [4.69, 9.17) is 0 Å². The monoisotopic (exact) mass is 336 g/mol. The van der Waals surface area contributed by atoms with Crippen LogP contribution in [0.5, 0.6) is 0 Å². The summed E-state index contributed by atoms with van der Waals surface area (Å²) in [6.07, 6.45) is 5.58. The Hall–Kier alpha value is -0.380. The van der Waals surface area contributed by atoms with E-state index in [9.17, 15) is 0 Å². The van der Waals surface area contributed by atoms with E-state index in [1.54, 1.807) is 0 Å². The van der Waals surface area contributed by atoms with Gasteiger partial charge in [0.05, 0.1) is 0 Å². The van der Waals surface area contributed by atoms with Crippen molar-refractivity contribution in [3.05, 3.63) is 34.3 Å². The number of piperidine rings is 1. The molecule has 20 heavy (non-hydrogen) atoms. The summed E-state index contributed by atoms with van der Waals surface area (Å²) in [7, 11) is 2.32. The highest BCUT2D eigenvalue weighted by atomic mass is 79.9. The molecule has 2 saturated heterocycles. The van der Waals surface area contributed by atoms with Gasteiger partial charge in [0.1, 0.15) is 0 Å². The molecule has 0 amide bonds. The quantitative estimate of drug-likeness (QED) is 0.894. The topological polar surface area (TPSA) is 15.3 Å². The Labute approximate surface area is 131 Å². The van der Waals surface area contributed by atoms with Crippen molar-refractivity contribution in [3.63, 3.8) is 0 Å². The van der Waals surface area contributed by atoms with Crippen LogP contribution in [0.15, 0.2) is 28.7 Å². The van der Waals surface area contributed by atoms with Gasteiger partial charge in [0.25, 0.3) is 0 Å². The van der Waals surface area contributed by atoms with Crippen molar-refractivity contribution < 1.29 is 0 Å². The van der Waals surface area contributed by atoms with Crippen molar-refractivity contribution in [2.45, 2.75) is 50.7 Å². The van der Waals surface area contributed by atoms with Gasteiger partial charge in [-0.25, -0.2) is 0 Å². The van der Waals surface area contributed by atoms with Gasteiger partial charge in [-0.05, 0) is 63.7 Å². The average Bonchev–Trinajstić information content (AvgIpc) is 2.66. The summed E-state index contributed by atoms with van der Waals surface area (Å²) in [6, 6.07) is 10.6. The maximum atomic E-state index is 3.74. The van der Waals surface area contributed by atoms with Crippen molar-refractivity contribution >= 4 is 15.9 Å². The van der Waals surface area contributed by atoms with Crippen LogP contribution in [0.1, 0.15) is 44.2 Å². The molecule has 2 fully saturated rings. The summed E-state index contributed by atoms with van der Waals surface area (Å²) in [6.45, 7) is 3.42. The van der Waals surface area contributed by atoms with Crippen molar-refractivity contribution in [2.75, 3.05) is 13.6 Å². The Bertz CT molecular complexity index is 448. The molecule has 3 rings (SSSR count). The fourth-order valence-electron chi connectivity index (χ4n) is 3.97. The van der Waals surface area contributed by atoms with E-state index in [0.29, 0.717) is 6.04 Å². The molecule has 2 bridgehead atoms. The van der Waals surface area contributed by atoms with E-state index in [-0.39, 0.29) is 0 Å². The highest BCUT2D eigenvalue weighted by Gasteiger charge is 2.38. The number of hydrogen-bond acceptors (Lipinski definition) is 2. The summed E-state index contributed by atoms with van der Waals surface area (Å²) >= 11 is 3.65. The number of hydrogen-bond donors (Lipinski definition) is 1. The molecule has 3 heteroatoms. The lowest BCUT2D eigenvalue weighted by Crippen LogP contribution is -2.42. The molecule has 1 N–H and O–H groups in total. The highest BCUT2D eigenvalue weighted by Crippen LogP contribution is 2.37. The lowest BCUT2D eigenvalue weighted by atomic mass is 9.90. The van der Waals surface area contributed by atoms with Crippen molar-refractivity contribution in [3.8, 4) is 0 Å². The molecule has 0 spiro atoms. The van der Waals surface area contributed by atoms with Gasteiger partial charge in [-0.15, -0.1) is 0 Å². The first-order valence-electron chi connectivity index (χ1n) is 7.85. The third-order valence-electron chi connectivity index (χ3n) is 5.28. The zero-order chi connectivity index (χ0) is 14.1. The van der Waals surface area contributed by atoms with Crippen molar-refractivity contribution in [2.24, 2.45) is 5.92 Å². The number of halogens is 1. The van der Waals surface area contributed by atoms with Crippen molar-refractivity contribution in [1.82, 2.24) is 10.2 Å². The SMILES string of the molecule is CC(NCC1CC2CCC(C1)N2C)c1ccccc1Br. The van der Waals surface area contributed by atoms with Crippen LogP contribution in [0.4, 0.5) is 0 Å². The zero-order valence-corrected chi connectivity index (χ0v) is 14.1. The molecule has 2 nitrogen and oxygen atoms in total. The normalized spacial score (nSPS) is 31.4. The predicted octanol–water partition coefficient (Wildman–Crippen LogP) is 3.97. The first kappa shape index (κ1) is 14.6. The number of benzene rings is 1. The molecule has 1 aromatic carbocycles. The second kappa shape index (κ2) is 6.17. The third-order valence-corrected chi connectivity index (χ3v) is 6.00. The van der Waals surface area contributed by atoms with Crippen LogP contribution in [-0.4, -0.2) is 30.6 Å². The summed E-state index contributed by atoms with van der Waals surface area (Å²) < 4.78 is 1.21. The summed E-state index contributed by atoms with van der Waals surface area (Å²) in [5, 5.41) is 3.74. The number of nitrogens with one attached hydrogen (secondary N) is 1. The van der Waals surface area contributed by atoms with E-state index in [1.807, 2.05) is 0 Å². The minimum Gasteiger partial charge on any atom is -0.310 e. The standard InChI is InChI=1S/C17H25BrN2/c1-12(16-5-3-4-6-17(16)18)19-11-13-9-14-7-8-15(10-13)20(14)2/h3-6,12-15,19H,7-11H2,1-2H3. The van der Waals surface area contributed by atoms with E-state index in [2.05, 4.69) is 64.4 Å². The van der Waals surface area contributed by atoms with Gasteiger partial charge in [0, 0.05) is 22.6 Å². The lowest BCUT2D eigenvalue weighted by Gasteiger charge is -2.36. The molecule has 110 valence electrons. The van der Waals surface area contributed by atoms with Crippen LogP contribution in [0, 0.1) is 5.92 Å². The second-order valence-electron chi connectivity index (χ2n) is 6.54. The van der Waals surface area contributed by atoms with Crippen LogP contribution >= 0.6 is 15.9 Å². The van der Waals surface area contributed by atoms with Gasteiger partial charge in [-0.2, -0.15) is 0 Å². The summed E-state index contributed by atoms with van der Waals surface area (Å²) in [4.78, 5) is 2.62. The minimum atomic E-state index is 0.419. The molecule has 1 aromatic rings. The second-order valence-corrected chi connectivity index (χ2v) is 7.39. The van der Waals surface area contributed by atoms with E-state index in [0.717, 1.165) is 24.5 Å². The molecule has 0 aliphatic carbocycles. The molecule has 0 radical (unpaired) electrons. The molecule has 3 atom stereocenters. The van der Waals surface area contributed by atoms with Gasteiger partial charge in [-0.3, -0.25) is 0 Å². The van der Waals surface area contributed by atoms with Crippen LogP contribution in [0.3, 0.4) is 0 Å². The first-order chi connectivity index (χ1) is 9.65. The maximum Gasteiger partial charge on any atom is 0.0303 e. The molecular formula is C17H25BrN2. The Kier molecular flexibility index (Phi) is 4.49. The molecule has 2 heterocycles. The average molecular weight is 337 g/mol. The summed E-state index contributed by atoms with van der Waals surface area (Å²) in [5.74, 6) is 0.855. The summed E-state index contributed by atoms with van der Waals surface area (Å²) in [5.41, 5.74) is 1.36. The van der Waals surface area contributed by atoms with E-state index in [1.165, 1.54) is 35.7 Å². The Morgan fingerprint density at radius 1 is 1.25 bits per heavy atom. The van der Waals surface area contributed by atoms with E-state index < -0.39 is 0 Å². The Morgan fingerprint density at radius 2 is 1.90 bits per heavy atom. The van der Waals surface area contributed by atoms with Crippen LogP contribution in [-0.2, 0) is 0 Å². The number of rotatable bonds is 4. The van der Waals surface area contributed by atoms with Gasteiger partial charge in [0.15, 0.2) is 0 Å². The van der Waals surface area contributed by atoms with Gasteiger partial charge in [0.2, 0.25) is 0 Å². The molecule has 2 aliphatic rings. The lowest BCUT2D eigenvalue weighted by molar-refractivity contribution is 0.131. The predicted molar refractivity (Wildman–Crippen MR) is 87.9 cm³/mol. The zero-order valence-electron chi connectivity index (χ0n) is 12.5. The molecule has 2 aliphatic heterocycles. The highest BCUT2D eigenvalue weighted by molar-refractivity contribution is 9.10. The van der Waals surface area contributed by atoms with Crippen LogP contribution in [0.2, 0.25) is 0 Å². The third kappa shape index (κ3) is 2.95. The molecule has 0 saturated carbocycles. The largest absolute Gasteiger partial charge is 0.310 e. The molecule has 0 aromatic heterocycles. The number of fused-ring (bicyclic) bond motifs is 2. The smallest absolute Gasteiger partial charge is 0.0303 e. The fourth-order valence-corrected chi connectivity index (χ4v) is 4.60. The maximum absolute atomic E-state index is 3.74. The van der Waals surface area contributed by atoms with Crippen LogP contribution < -0.4 is 5.32 Å². The molecular weight excluding hydrogens is 312 g/mol. The van der Waals surface area contributed by atoms with E-state index >= 15 is 0 Å². The van der Waals surface area contributed by atoms with Crippen LogP contribution in [0.25, 0.3) is 0 Å². The molecule has 3 unspecified atom stereocenters. The first-order valence-corrected chi connectivity index (χ1v) is 8.64. The van der Waals surface area contributed by atoms with Crippen molar-refractivity contribution in [1.29, 1.82) is 0 Å². The fraction of sp³-hybridized carbons (Fsp3) is 0.647. The Morgan fingerprint density at radius 3 is 2.55 bits per heavy atom. The minimum absolute atomic E-state index is 0.419.